The van der Waals surface area contributed by atoms with Gasteiger partial charge >= 0.3 is 0 Å². The molecule has 3 aromatic carbocycles. The number of hydrogen-bond donors (Lipinski definition) is 2. The molecule has 60 heavy (non-hydrogen) atoms. The van der Waals surface area contributed by atoms with Crippen LogP contribution in [-0.4, -0.2) is 110 Å². The first-order chi connectivity index (χ1) is 29.3. The van der Waals surface area contributed by atoms with Crippen molar-refractivity contribution in [2.75, 3.05) is 56.4 Å². The second kappa shape index (κ2) is 16.3. The Morgan fingerprint density at radius 2 is 1.50 bits per heavy atom. The van der Waals surface area contributed by atoms with Crippen LogP contribution in [0.25, 0.3) is 22.3 Å². The summed E-state index contributed by atoms with van der Waals surface area (Å²) in [5.41, 5.74) is 11.7. The number of ether oxygens (including phenoxy) is 1. The molecule has 2 aromatic heterocycles. The molecule has 310 valence electrons. The molecule has 14 heteroatoms. The number of amides is 3. The highest BCUT2D eigenvalue weighted by Gasteiger charge is 2.39. The summed E-state index contributed by atoms with van der Waals surface area (Å²) in [5.74, 6) is 1.91. The number of fused-ring (bicyclic) bond motifs is 2. The number of piperidine rings is 4. The molecule has 3 amide bonds. The summed E-state index contributed by atoms with van der Waals surface area (Å²) in [6, 6.07) is 24.2. The molecule has 0 aliphatic carbocycles. The number of aromatic nitrogens is 4. The Bertz CT molecular complexity index is 2380. The van der Waals surface area contributed by atoms with Gasteiger partial charge in [-0.2, -0.15) is 5.10 Å². The quantitative estimate of drug-likeness (QED) is 0.178. The van der Waals surface area contributed by atoms with Crippen molar-refractivity contribution in [1.29, 1.82) is 0 Å². The number of nitrogens with zero attached hydrogens (tertiary/aromatic N) is 8. The predicted molar refractivity (Wildman–Crippen MR) is 228 cm³/mol. The number of nitrogens with one attached hydrogen (secondary N) is 1. The Morgan fingerprint density at radius 3 is 2.25 bits per heavy atom. The van der Waals surface area contributed by atoms with Gasteiger partial charge in [0.2, 0.25) is 11.8 Å². The van der Waals surface area contributed by atoms with Crippen molar-refractivity contribution in [2.24, 2.45) is 5.92 Å². The molecule has 4 saturated heterocycles. The van der Waals surface area contributed by atoms with Crippen LogP contribution in [0, 0.1) is 5.92 Å². The Morgan fingerprint density at radius 1 is 0.767 bits per heavy atom. The maximum atomic E-state index is 13.4. The summed E-state index contributed by atoms with van der Waals surface area (Å²) in [6.07, 6.45) is 8.88. The molecule has 10 rings (SSSR count). The first kappa shape index (κ1) is 38.3. The second-order valence-electron chi connectivity index (χ2n) is 17.2. The van der Waals surface area contributed by atoms with Crippen LogP contribution in [0.5, 0.6) is 11.5 Å². The molecule has 0 bridgehead atoms. The lowest BCUT2D eigenvalue weighted by molar-refractivity contribution is -0.136. The molecule has 0 saturated carbocycles. The lowest BCUT2D eigenvalue weighted by Gasteiger charge is -2.43. The topological polar surface area (TPSA) is 155 Å². The van der Waals surface area contributed by atoms with Crippen LogP contribution in [0.2, 0.25) is 0 Å². The highest BCUT2D eigenvalue weighted by atomic mass is 16.5. The SMILES string of the molecule is Nc1ncnc2c1c(-c1ccc(Oc3ccccc3)cc1)nn2C1CCN(C2CCN(CC3CCN(c4ccc5c(c4)C(=O)N(C4CCC(=O)NC4=O)C5)CC3)CC2)CC1. The van der Waals surface area contributed by atoms with E-state index >= 15 is 0 Å². The van der Waals surface area contributed by atoms with E-state index in [2.05, 4.69) is 40.7 Å². The fourth-order valence-electron chi connectivity index (χ4n) is 10.2. The number of para-hydroxylation sites is 1. The van der Waals surface area contributed by atoms with Crippen molar-refractivity contribution in [3.63, 3.8) is 0 Å². The number of imide groups is 1. The fourth-order valence-corrected chi connectivity index (χ4v) is 10.2. The third kappa shape index (κ3) is 7.58. The van der Waals surface area contributed by atoms with Crippen LogP contribution in [-0.2, 0) is 16.1 Å². The Balaban J connectivity index is 0.699. The fraction of sp³-hybridized carbons (Fsp3) is 0.435. The number of benzene rings is 3. The van der Waals surface area contributed by atoms with E-state index in [-0.39, 0.29) is 30.2 Å². The highest BCUT2D eigenvalue weighted by Crippen LogP contribution is 2.37. The first-order valence-electron chi connectivity index (χ1n) is 21.7. The molecule has 5 aliphatic rings. The zero-order valence-corrected chi connectivity index (χ0v) is 33.9. The number of anilines is 2. The van der Waals surface area contributed by atoms with Gasteiger partial charge in [0.05, 0.1) is 11.4 Å². The number of rotatable bonds is 9. The van der Waals surface area contributed by atoms with E-state index in [9.17, 15) is 14.4 Å². The molecule has 7 heterocycles. The molecule has 14 nitrogen and oxygen atoms in total. The standard InChI is InChI=1S/C46H52N10O4/c47-43-41-42(31-7-10-37(11-8-31)60-36-4-2-1-3-5-36)51-56(44(41)49-29-48-43)34-18-24-53(25-19-34)33-16-20-52(21-17-33)27-30-14-22-54(23-15-30)35-9-6-32-28-55(46(59)38(32)26-35)39-12-13-40(57)50-45(39)58/h1-11,26,29-30,33-34,39H,12-25,27-28H2,(H2,47,48,49)(H,50,57,58). The van der Waals surface area contributed by atoms with Gasteiger partial charge in [-0.15, -0.1) is 0 Å². The van der Waals surface area contributed by atoms with E-state index in [1.165, 1.54) is 12.8 Å². The second-order valence-corrected chi connectivity index (χ2v) is 17.2. The van der Waals surface area contributed by atoms with Gasteiger partial charge in [0.15, 0.2) is 5.65 Å². The number of nitrogen functional groups attached to an aromatic ring is 1. The summed E-state index contributed by atoms with van der Waals surface area (Å²) >= 11 is 0. The first-order valence-corrected chi connectivity index (χ1v) is 21.7. The summed E-state index contributed by atoms with van der Waals surface area (Å²) in [7, 11) is 0. The Labute approximate surface area is 349 Å². The Kier molecular flexibility index (Phi) is 10.4. The average Bonchev–Trinajstić information content (AvgIpc) is 3.83. The van der Waals surface area contributed by atoms with Gasteiger partial charge in [0.1, 0.15) is 35.4 Å². The van der Waals surface area contributed by atoms with Gasteiger partial charge in [0.25, 0.3) is 5.91 Å². The van der Waals surface area contributed by atoms with E-state index in [4.69, 9.17) is 15.6 Å². The molecule has 1 unspecified atom stereocenters. The smallest absolute Gasteiger partial charge is 0.255 e. The van der Waals surface area contributed by atoms with Crippen molar-refractivity contribution in [1.82, 2.24) is 39.8 Å². The van der Waals surface area contributed by atoms with Gasteiger partial charge in [-0.3, -0.25) is 19.7 Å². The molecule has 5 aromatic rings. The average molecular weight is 809 g/mol. The van der Waals surface area contributed by atoms with Crippen LogP contribution in [0.15, 0.2) is 79.1 Å². The van der Waals surface area contributed by atoms with Gasteiger partial charge in [-0.1, -0.05) is 24.3 Å². The molecule has 3 N–H and O–H groups in total. The van der Waals surface area contributed by atoms with Crippen LogP contribution >= 0.6 is 0 Å². The normalized spacial score (nSPS) is 21.5. The maximum absolute atomic E-state index is 13.4. The monoisotopic (exact) mass is 808 g/mol. The van der Waals surface area contributed by atoms with E-state index in [1.807, 2.05) is 66.7 Å². The summed E-state index contributed by atoms with van der Waals surface area (Å²) in [5, 5.41) is 8.34. The predicted octanol–water partition coefficient (Wildman–Crippen LogP) is 5.65. The molecule has 0 spiro atoms. The molecule has 4 fully saturated rings. The minimum absolute atomic E-state index is 0.112. The summed E-state index contributed by atoms with van der Waals surface area (Å²) < 4.78 is 8.13. The number of nitrogens with two attached hydrogens (primary N) is 1. The zero-order chi connectivity index (χ0) is 40.7. The zero-order valence-electron chi connectivity index (χ0n) is 33.9. The highest BCUT2D eigenvalue weighted by molar-refractivity contribution is 6.05. The maximum Gasteiger partial charge on any atom is 0.255 e. The van der Waals surface area contributed by atoms with Crippen LogP contribution < -0.4 is 20.7 Å². The summed E-state index contributed by atoms with van der Waals surface area (Å²) in [4.78, 5) is 56.0. The number of likely N-dealkylation sites (tertiary alicyclic amines) is 2. The largest absolute Gasteiger partial charge is 0.457 e. The van der Waals surface area contributed by atoms with Crippen molar-refractivity contribution in [2.45, 2.75) is 76.0 Å². The van der Waals surface area contributed by atoms with Crippen molar-refractivity contribution < 1.29 is 19.1 Å². The van der Waals surface area contributed by atoms with Gasteiger partial charge in [0, 0.05) is 68.5 Å². The van der Waals surface area contributed by atoms with Gasteiger partial charge in [-0.05, 0) is 118 Å². The minimum atomic E-state index is -0.587. The van der Waals surface area contributed by atoms with E-state index in [1.54, 1.807) is 11.2 Å². The van der Waals surface area contributed by atoms with Crippen molar-refractivity contribution in [3.8, 4) is 22.8 Å². The molecular weight excluding hydrogens is 757 g/mol. The van der Waals surface area contributed by atoms with Gasteiger partial charge in [-0.25, -0.2) is 14.6 Å². The molecule has 0 radical (unpaired) electrons. The molecule has 1 atom stereocenters. The lowest BCUT2D eigenvalue weighted by Crippen LogP contribution is -2.52. The number of carbonyl (C=O) groups is 3. The number of hydrogen-bond acceptors (Lipinski definition) is 11. The van der Waals surface area contributed by atoms with Crippen molar-refractivity contribution in [3.05, 3.63) is 90.3 Å². The van der Waals surface area contributed by atoms with Crippen LogP contribution in [0.3, 0.4) is 0 Å². The van der Waals surface area contributed by atoms with E-state index in [0.29, 0.717) is 36.3 Å². The third-order valence-corrected chi connectivity index (χ3v) is 13.6. The molecule has 5 aliphatic heterocycles. The van der Waals surface area contributed by atoms with Crippen LogP contribution in [0.1, 0.15) is 73.3 Å². The third-order valence-electron chi connectivity index (χ3n) is 13.6. The molecular formula is C46H52N10O4. The summed E-state index contributed by atoms with van der Waals surface area (Å²) in [6.45, 7) is 7.87. The minimum Gasteiger partial charge on any atom is -0.457 e. The van der Waals surface area contributed by atoms with Gasteiger partial charge < -0.3 is 30.1 Å². The lowest BCUT2D eigenvalue weighted by atomic mass is 9.93. The van der Waals surface area contributed by atoms with Crippen molar-refractivity contribution >= 4 is 40.3 Å². The Hall–Kier alpha value is -5.86. The van der Waals surface area contributed by atoms with E-state index in [0.717, 1.165) is 117 Å². The number of carbonyl (C=O) groups excluding carboxylic acids is 3. The van der Waals surface area contributed by atoms with Crippen LogP contribution in [0.4, 0.5) is 11.5 Å². The van der Waals surface area contributed by atoms with E-state index < -0.39 is 6.04 Å².